The highest BCUT2D eigenvalue weighted by molar-refractivity contribution is 6.15. The Balaban J connectivity index is 0.972. The van der Waals surface area contributed by atoms with Gasteiger partial charge in [0.2, 0.25) is 5.89 Å². The van der Waals surface area contributed by atoms with Gasteiger partial charge < -0.3 is 13.7 Å². The molecule has 0 spiro atoms. The summed E-state index contributed by atoms with van der Waals surface area (Å²) in [6.45, 7) is 0. The average molecular weight is 781 g/mol. The minimum atomic E-state index is 0.596. The molecule has 2 heterocycles. The minimum Gasteiger partial charge on any atom is -0.456 e. The lowest BCUT2D eigenvalue weighted by molar-refractivity contribution is 0.617. The number of oxazole rings is 1. The number of para-hydroxylation sites is 1. The van der Waals surface area contributed by atoms with Crippen LogP contribution in [0.15, 0.2) is 227 Å². The second-order valence-electron chi connectivity index (χ2n) is 15.5. The van der Waals surface area contributed by atoms with E-state index in [4.69, 9.17) is 13.8 Å². The summed E-state index contributed by atoms with van der Waals surface area (Å²) in [6.07, 6.45) is 0. The Kier molecular flexibility index (Phi) is 8.13. The van der Waals surface area contributed by atoms with Gasteiger partial charge in [0, 0.05) is 39.3 Å². The van der Waals surface area contributed by atoms with Crippen LogP contribution in [0.5, 0.6) is 0 Å². The topological polar surface area (TPSA) is 42.4 Å². The van der Waals surface area contributed by atoms with Crippen molar-refractivity contribution in [2.45, 2.75) is 0 Å². The third-order valence-corrected chi connectivity index (χ3v) is 11.9. The van der Waals surface area contributed by atoms with Gasteiger partial charge in [-0.1, -0.05) is 152 Å². The van der Waals surface area contributed by atoms with E-state index in [0.29, 0.717) is 11.5 Å². The van der Waals surface area contributed by atoms with E-state index in [0.717, 1.165) is 72.3 Å². The molecule has 0 bridgehead atoms. The second-order valence-corrected chi connectivity index (χ2v) is 15.5. The van der Waals surface area contributed by atoms with E-state index in [1.807, 2.05) is 42.5 Å². The first-order valence-electron chi connectivity index (χ1n) is 20.6. The van der Waals surface area contributed by atoms with Crippen LogP contribution >= 0.6 is 0 Å². The standard InChI is InChI=1S/C57H36N2O2/c1-3-14-37(15-4-1)45-20-11-12-24-52(45)59(43-32-28-39(29-33-43)49-34-41-18-7-8-19-44(41)47-21-9-10-22-48(47)49)42-30-26-38(27-31-42)46-23-13-25-53-56(46)50-35-51-55(36-54(50)60-53)61-57(58-51)40-16-5-2-6-17-40/h1-36H. The molecule has 12 rings (SSSR count). The largest absolute Gasteiger partial charge is 0.456 e. The summed E-state index contributed by atoms with van der Waals surface area (Å²) in [7, 11) is 0. The number of hydrogen-bond acceptors (Lipinski definition) is 4. The summed E-state index contributed by atoms with van der Waals surface area (Å²) in [6, 6.07) is 77.3. The third kappa shape index (κ3) is 5.96. The van der Waals surface area contributed by atoms with Gasteiger partial charge in [-0.25, -0.2) is 4.98 Å². The molecule has 61 heavy (non-hydrogen) atoms. The van der Waals surface area contributed by atoms with Crippen molar-refractivity contribution in [2.24, 2.45) is 0 Å². The molecule has 0 atom stereocenters. The van der Waals surface area contributed by atoms with Crippen molar-refractivity contribution in [3.05, 3.63) is 218 Å². The lowest BCUT2D eigenvalue weighted by atomic mass is 9.93. The summed E-state index contributed by atoms with van der Waals surface area (Å²) in [5, 5.41) is 7.08. The van der Waals surface area contributed by atoms with E-state index in [9.17, 15) is 0 Å². The van der Waals surface area contributed by atoms with E-state index in [1.54, 1.807) is 0 Å². The molecule has 0 unspecified atom stereocenters. The molecular weight excluding hydrogens is 745 g/mol. The fourth-order valence-corrected chi connectivity index (χ4v) is 9.02. The van der Waals surface area contributed by atoms with Crippen molar-refractivity contribution in [2.75, 3.05) is 4.90 Å². The highest BCUT2D eigenvalue weighted by atomic mass is 16.4. The van der Waals surface area contributed by atoms with E-state index >= 15 is 0 Å². The van der Waals surface area contributed by atoms with Crippen LogP contribution in [-0.4, -0.2) is 4.98 Å². The molecule has 4 nitrogen and oxygen atoms in total. The molecule has 0 aliphatic rings. The summed E-state index contributed by atoms with van der Waals surface area (Å²) >= 11 is 0. The van der Waals surface area contributed by atoms with Crippen molar-refractivity contribution in [1.29, 1.82) is 0 Å². The Morgan fingerprint density at radius 2 is 0.934 bits per heavy atom. The Labute approximate surface area is 352 Å². The predicted molar refractivity (Wildman–Crippen MR) is 253 cm³/mol. The summed E-state index contributed by atoms with van der Waals surface area (Å²) in [4.78, 5) is 7.24. The molecule has 0 amide bonds. The zero-order valence-electron chi connectivity index (χ0n) is 33.0. The Bertz CT molecular complexity index is 3570. The van der Waals surface area contributed by atoms with Crippen LogP contribution < -0.4 is 4.90 Å². The van der Waals surface area contributed by atoms with Crippen LogP contribution in [0.25, 0.3) is 99.4 Å². The number of furan rings is 1. The normalized spacial score (nSPS) is 11.6. The van der Waals surface area contributed by atoms with Gasteiger partial charge in [0.05, 0.1) is 5.69 Å². The molecule has 0 aliphatic heterocycles. The second kappa shape index (κ2) is 14.3. The third-order valence-electron chi connectivity index (χ3n) is 11.9. The van der Waals surface area contributed by atoms with Gasteiger partial charge in [0.25, 0.3) is 0 Å². The Hall–Kier alpha value is -8.21. The monoisotopic (exact) mass is 780 g/mol. The average Bonchev–Trinajstić information content (AvgIpc) is 3.92. The van der Waals surface area contributed by atoms with Crippen molar-refractivity contribution in [1.82, 2.24) is 4.98 Å². The number of rotatable bonds is 7. The number of nitrogens with zero attached hydrogens (tertiary/aromatic N) is 2. The number of benzene rings is 10. The molecule has 0 fully saturated rings. The minimum absolute atomic E-state index is 0.596. The number of anilines is 3. The fraction of sp³-hybridized carbons (Fsp3) is 0. The maximum atomic E-state index is 6.46. The van der Waals surface area contributed by atoms with E-state index in [1.165, 1.54) is 32.7 Å². The quantitative estimate of drug-likeness (QED) is 0.151. The van der Waals surface area contributed by atoms with E-state index in [-0.39, 0.29) is 0 Å². The first kappa shape index (κ1) is 34.8. The summed E-state index contributed by atoms with van der Waals surface area (Å²) in [5.74, 6) is 0.596. The molecule has 0 radical (unpaired) electrons. The van der Waals surface area contributed by atoms with Crippen LogP contribution in [0.2, 0.25) is 0 Å². The van der Waals surface area contributed by atoms with Crippen LogP contribution in [0.4, 0.5) is 17.1 Å². The number of aromatic nitrogens is 1. The first-order chi connectivity index (χ1) is 30.2. The smallest absolute Gasteiger partial charge is 0.227 e. The number of hydrogen-bond donors (Lipinski definition) is 0. The number of fused-ring (bicyclic) bond motifs is 7. The van der Waals surface area contributed by atoms with Crippen LogP contribution in [0, 0.1) is 0 Å². The molecule has 0 saturated heterocycles. The molecule has 4 heteroatoms. The molecular formula is C57H36N2O2. The molecule has 12 aromatic rings. The molecule has 0 N–H and O–H groups in total. The van der Waals surface area contributed by atoms with Gasteiger partial charge in [-0.3, -0.25) is 0 Å². The fourth-order valence-electron chi connectivity index (χ4n) is 9.02. The van der Waals surface area contributed by atoms with E-state index in [2.05, 4.69) is 181 Å². The predicted octanol–water partition coefficient (Wildman–Crippen LogP) is 16.2. The zero-order valence-corrected chi connectivity index (χ0v) is 33.0. The van der Waals surface area contributed by atoms with Gasteiger partial charge in [0.15, 0.2) is 5.58 Å². The van der Waals surface area contributed by atoms with Crippen LogP contribution in [0.1, 0.15) is 0 Å². The molecule has 10 aromatic carbocycles. The lowest BCUT2D eigenvalue weighted by Crippen LogP contribution is -2.11. The maximum absolute atomic E-state index is 6.46. The highest BCUT2D eigenvalue weighted by Gasteiger charge is 2.20. The maximum Gasteiger partial charge on any atom is 0.227 e. The van der Waals surface area contributed by atoms with Crippen molar-refractivity contribution >= 4 is 71.6 Å². The SMILES string of the molecule is c1ccc(-c2nc3cc4c(cc3o2)oc2cccc(-c3ccc(N(c5ccc(-c6cc7ccccc7c7ccccc67)cc5)c5ccccc5-c5ccccc5)cc3)c24)cc1. The molecule has 0 saturated carbocycles. The van der Waals surface area contributed by atoms with Crippen LogP contribution in [-0.2, 0) is 0 Å². The van der Waals surface area contributed by atoms with Crippen LogP contribution in [0.3, 0.4) is 0 Å². The highest BCUT2D eigenvalue weighted by Crippen LogP contribution is 2.44. The van der Waals surface area contributed by atoms with Gasteiger partial charge in [-0.05, 0) is 110 Å². The van der Waals surface area contributed by atoms with Gasteiger partial charge >= 0.3 is 0 Å². The van der Waals surface area contributed by atoms with Crippen molar-refractivity contribution in [3.63, 3.8) is 0 Å². The Morgan fingerprint density at radius 3 is 1.69 bits per heavy atom. The summed E-state index contributed by atoms with van der Waals surface area (Å²) in [5.41, 5.74) is 14.2. The first-order valence-corrected chi connectivity index (χ1v) is 20.6. The molecule has 286 valence electrons. The summed E-state index contributed by atoms with van der Waals surface area (Å²) < 4.78 is 12.7. The van der Waals surface area contributed by atoms with Gasteiger partial charge in [-0.2, -0.15) is 0 Å². The lowest BCUT2D eigenvalue weighted by Gasteiger charge is -2.28. The van der Waals surface area contributed by atoms with Gasteiger partial charge in [-0.15, -0.1) is 0 Å². The van der Waals surface area contributed by atoms with Crippen molar-refractivity contribution < 1.29 is 8.83 Å². The molecule has 2 aromatic heterocycles. The molecule has 0 aliphatic carbocycles. The van der Waals surface area contributed by atoms with Gasteiger partial charge in [0.1, 0.15) is 16.7 Å². The Morgan fingerprint density at radius 1 is 0.344 bits per heavy atom. The van der Waals surface area contributed by atoms with Crippen molar-refractivity contribution in [3.8, 4) is 44.8 Å². The van der Waals surface area contributed by atoms with E-state index < -0.39 is 0 Å². The zero-order chi connectivity index (χ0) is 40.3.